The molecule has 0 aliphatic carbocycles. The number of rotatable bonds is 4. The summed E-state index contributed by atoms with van der Waals surface area (Å²) in [5.74, 6) is 0. The molecule has 5 aromatic carbocycles. The Hall–Kier alpha value is -4.92. The summed E-state index contributed by atoms with van der Waals surface area (Å²) in [6.07, 6.45) is 3.79. The molecule has 158 valence electrons. The summed E-state index contributed by atoms with van der Waals surface area (Å²) in [5.41, 5.74) is 4.89. The van der Waals surface area contributed by atoms with Gasteiger partial charge in [-0.05, 0) is 68.1 Å². The highest BCUT2D eigenvalue weighted by molar-refractivity contribution is 5.96. The zero-order chi connectivity index (χ0) is 23.3. The Morgan fingerprint density at radius 3 is 1.24 bits per heavy atom. The van der Waals surface area contributed by atoms with Gasteiger partial charge in [-0.15, -0.1) is 0 Å². The zero-order valence-electron chi connectivity index (χ0n) is 18.4. The Labute approximate surface area is 199 Å². The van der Waals surface area contributed by atoms with Crippen LogP contribution in [0.5, 0.6) is 0 Å². The third-order valence-corrected chi connectivity index (χ3v) is 5.92. The van der Waals surface area contributed by atoms with Crippen molar-refractivity contribution in [2.75, 3.05) is 0 Å². The summed E-state index contributed by atoms with van der Waals surface area (Å²) >= 11 is 0. The Morgan fingerprint density at radius 2 is 0.853 bits per heavy atom. The molecule has 0 atom stereocenters. The van der Waals surface area contributed by atoms with Gasteiger partial charge in [-0.2, -0.15) is 10.5 Å². The molecular weight excluding hydrogens is 412 g/mol. The van der Waals surface area contributed by atoms with Gasteiger partial charge in [0.05, 0.1) is 23.3 Å². The second-order valence-corrected chi connectivity index (χ2v) is 8.13. The van der Waals surface area contributed by atoms with Crippen LogP contribution >= 0.6 is 0 Å². The van der Waals surface area contributed by atoms with E-state index in [1.54, 1.807) is 0 Å². The normalized spacial score (nSPS) is 11.8. The van der Waals surface area contributed by atoms with Crippen LogP contribution in [0.2, 0.25) is 0 Å². The van der Waals surface area contributed by atoms with Gasteiger partial charge in [0.15, 0.2) is 0 Å². The van der Waals surface area contributed by atoms with Crippen molar-refractivity contribution in [2.24, 2.45) is 0 Å². The van der Waals surface area contributed by atoms with E-state index < -0.39 is 0 Å². The lowest BCUT2D eigenvalue weighted by Gasteiger charge is -2.04. The van der Waals surface area contributed by atoms with Crippen LogP contribution < -0.4 is 0 Å². The van der Waals surface area contributed by atoms with Gasteiger partial charge < -0.3 is 0 Å². The Bertz CT molecular complexity index is 1530. The maximum Gasteiger partial charge on any atom is 0.0998 e. The lowest BCUT2D eigenvalue weighted by Crippen LogP contribution is -1.85. The molecule has 0 aromatic heterocycles. The molecule has 34 heavy (non-hydrogen) atoms. The predicted octanol–water partition coefficient (Wildman–Crippen LogP) is 8.12. The minimum absolute atomic E-state index is 0.614. The van der Waals surface area contributed by atoms with E-state index in [1.807, 2.05) is 97.1 Å². The Balaban J connectivity index is 1.43. The van der Waals surface area contributed by atoms with Gasteiger partial charge in [-0.1, -0.05) is 97.1 Å². The highest BCUT2D eigenvalue weighted by atomic mass is 14.3. The Morgan fingerprint density at radius 1 is 0.471 bits per heavy atom. The number of nitrogens with zero attached hydrogens (tertiary/aromatic N) is 2. The van der Waals surface area contributed by atoms with Gasteiger partial charge >= 0.3 is 0 Å². The van der Waals surface area contributed by atoms with Gasteiger partial charge in [0.25, 0.3) is 0 Å². The van der Waals surface area contributed by atoms with Crippen LogP contribution in [0.4, 0.5) is 0 Å². The molecule has 0 heterocycles. The molecule has 2 heteroatoms. The zero-order valence-corrected chi connectivity index (χ0v) is 18.4. The average molecular weight is 433 g/mol. The summed E-state index contributed by atoms with van der Waals surface area (Å²) in [5, 5.41) is 24.0. The fraction of sp³-hybridized carbons (Fsp3) is 0. The van der Waals surface area contributed by atoms with Crippen LogP contribution in [0, 0.1) is 22.7 Å². The summed E-state index contributed by atoms with van der Waals surface area (Å²) < 4.78 is 0. The van der Waals surface area contributed by atoms with Crippen molar-refractivity contribution in [3.8, 4) is 12.1 Å². The van der Waals surface area contributed by atoms with Crippen molar-refractivity contribution in [2.45, 2.75) is 0 Å². The first-order valence-electron chi connectivity index (χ1n) is 11.1. The van der Waals surface area contributed by atoms with Crippen molar-refractivity contribution >= 4 is 44.8 Å². The van der Waals surface area contributed by atoms with Crippen molar-refractivity contribution in [3.63, 3.8) is 0 Å². The molecule has 0 unspecified atom stereocenters. The van der Waals surface area contributed by atoms with E-state index in [1.165, 1.54) is 0 Å². The monoisotopic (exact) mass is 432 g/mol. The van der Waals surface area contributed by atoms with E-state index in [0.717, 1.165) is 43.8 Å². The molecule has 0 N–H and O–H groups in total. The summed E-state index contributed by atoms with van der Waals surface area (Å²) in [4.78, 5) is 0. The first-order chi connectivity index (χ1) is 16.7. The average Bonchev–Trinajstić information content (AvgIpc) is 2.90. The van der Waals surface area contributed by atoms with Gasteiger partial charge in [-0.25, -0.2) is 0 Å². The van der Waals surface area contributed by atoms with Crippen LogP contribution in [-0.2, 0) is 0 Å². The quantitative estimate of drug-likeness (QED) is 0.213. The topological polar surface area (TPSA) is 47.6 Å². The molecule has 5 rings (SSSR count). The molecule has 0 radical (unpaired) electrons. The maximum absolute atomic E-state index is 9.76. The molecule has 5 aromatic rings. The molecule has 2 nitrogen and oxygen atoms in total. The third kappa shape index (κ3) is 4.35. The molecular formula is C32H20N2. The Kier molecular flexibility index (Phi) is 5.73. The lowest BCUT2D eigenvalue weighted by molar-refractivity contribution is 1.52. The molecule has 0 saturated carbocycles. The second kappa shape index (κ2) is 9.29. The number of nitriles is 2. The van der Waals surface area contributed by atoms with Crippen LogP contribution in [0.1, 0.15) is 22.3 Å². The molecule has 0 saturated heterocycles. The van der Waals surface area contributed by atoms with Gasteiger partial charge in [0.1, 0.15) is 0 Å². The molecule has 0 aliphatic heterocycles. The smallest absolute Gasteiger partial charge is 0.0998 e. The SMILES string of the molecule is N#C/C(=C\c1ccc(/C=C(\C#N)c2ccc3ccccc3c2)cc1)c1ccc2ccccc2c1. The molecule has 0 amide bonds. The van der Waals surface area contributed by atoms with E-state index in [2.05, 4.69) is 36.4 Å². The van der Waals surface area contributed by atoms with E-state index >= 15 is 0 Å². The van der Waals surface area contributed by atoms with Crippen molar-refractivity contribution in [1.29, 1.82) is 10.5 Å². The van der Waals surface area contributed by atoms with Gasteiger partial charge in [-0.3, -0.25) is 0 Å². The minimum Gasteiger partial charge on any atom is -0.192 e. The van der Waals surface area contributed by atoms with Crippen LogP contribution in [-0.4, -0.2) is 0 Å². The number of fused-ring (bicyclic) bond motifs is 2. The van der Waals surface area contributed by atoms with E-state index in [-0.39, 0.29) is 0 Å². The van der Waals surface area contributed by atoms with Gasteiger partial charge in [0, 0.05) is 0 Å². The largest absolute Gasteiger partial charge is 0.192 e. The maximum atomic E-state index is 9.76. The van der Waals surface area contributed by atoms with Crippen LogP contribution in [0.25, 0.3) is 44.8 Å². The van der Waals surface area contributed by atoms with Crippen LogP contribution in [0.3, 0.4) is 0 Å². The van der Waals surface area contributed by atoms with Crippen molar-refractivity contribution < 1.29 is 0 Å². The van der Waals surface area contributed by atoms with E-state index in [4.69, 9.17) is 0 Å². The third-order valence-electron chi connectivity index (χ3n) is 5.92. The summed E-state index contributed by atoms with van der Waals surface area (Å²) in [6.45, 7) is 0. The first kappa shape index (κ1) is 21.0. The number of allylic oxidation sites excluding steroid dienone is 2. The first-order valence-corrected chi connectivity index (χ1v) is 11.1. The standard InChI is InChI=1S/C32H20N2/c33-21-31(29-15-13-25-5-1-3-7-27(25)19-29)17-23-9-11-24(12-10-23)18-32(22-34)30-16-14-26-6-2-4-8-28(26)20-30/h1-20H/b31-17+,32-18+. The fourth-order valence-electron chi connectivity index (χ4n) is 4.10. The van der Waals surface area contributed by atoms with Crippen molar-refractivity contribution in [1.82, 2.24) is 0 Å². The minimum atomic E-state index is 0.614. The predicted molar refractivity (Wildman–Crippen MR) is 141 cm³/mol. The highest BCUT2D eigenvalue weighted by Crippen LogP contribution is 2.25. The molecule has 0 spiro atoms. The van der Waals surface area contributed by atoms with E-state index in [9.17, 15) is 10.5 Å². The summed E-state index contributed by atoms with van der Waals surface area (Å²) in [7, 11) is 0. The van der Waals surface area contributed by atoms with Crippen LogP contribution in [0.15, 0.2) is 109 Å². The number of benzene rings is 5. The second-order valence-electron chi connectivity index (χ2n) is 8.13. The number of hydrogen-bond donors (Lipinski definition) is 0. The van der Waals surface area contributed by atoms with Gasteiger partial charge in [0.2, 0.25) is 0 Å². The summed E-state index contributed by atoms with van der Waals surface area (Å²) in [6, 6.07) is 40.9. The van der Waals surface area contributed by atoms with E-state index in [0.29, 0.717) is 11.1 Å². The fourth-order valence-corrected chi connectivity index (χ4v) is 4.10. The molecule has 0 fully saturated rings. The number of hydrogen-bond acceptors (Lipinski definition) is 2. The molecule has 0 bridgehead atoms. The lowest BCUT2D eigenvalue weighted by atomic mass is 9.98. The molecule has 0 aliphatic rings. The van der Waals surface area contributed by atoms with Crippen molar-refractivity contribution in [3.05, 3.63) is 131 Å². The highest BCUT2D eigenvalue weighted by Gasteiger charge is 2.05.